The Bertz CT molecular complexity index is 823. The van der Waals surface area contributed by atoms with Crippen molar-refractivity contribution in [3.05, 3.63) is 90.1 Å². The molecule has 3 aromatic rings. The lowest BCUT2D eigenvalue weighted by Crippen LogP contribution is -2.37. The number of hydrogen-bond donors (Lipinski definition) is 2. The number of pyridine rings is 1. The Morgan fingerprint density at radius 1 is 0.962 bits per heavy atom. The summed E-state index contributed by atoms with van der Waals surface area (Å²) in [5, 5.41) is 3.74. The molecule has 3 N–H and O–H groups in total. The van der Waals surface area contributed by atoms with Gasteiger partial charge in [-0.2, -0.15) is 0 Å². The van der Waals surface area contributed by atoms with Gasteiger partial charge in [0, 0.05) is 5.75 Å². The molecule has 3 rings (SSSR count). The molecule has 0 saturated heterocycles. The van der Waals surface area contributed by atoms with E-state index in [1.165, 1.54) is 5.56 Å². The predicted molar refractivity (Wildman–Crippen MR) is 107 cm³/mol. The van der Waals surface area contributed by atoms with Crippen LogP contribution in [0.4, 0.5) is 5.69 Å². The molecular weight excluding hydrogens is 342 g/mol. The average molecular weight is 363 g/mol. The van der Waals surface area contributed by atoms with Gasteiger partial charge >= 0.3 is 0 Å². The molecular formula is C21H21N3OS. The summed E-state index contributed by atoms with van der Waals surface area (Å²) in [6.45, 7) is 0. The Balaban J connectivity index is 1.51. The molecule has 26 heavy (non-hydrogen) atoms. The summed E-state index contributed by atoms with van der Waals surface area (Å²) in [5.41, 5.74) is 8.95. The van der Waals surface area contributed by atoms with Crippen molar-refractivity contribution in [2.45, 2.75) is 23.2 Å². The van der Waals surface area contributed by atoms with Crippen molar-refractivity contribution in [2.75, 3.05) is 5.32 Å². The van der Waals surface area contributed by atoms with Crippen molar-refractivity contribution >= 4 is 23.4 Å². The van der Waals surface area contributed by atoms with Gasteiger partial charge in [-0.05, 0) is 29.7 Å². The monoisotopic (exact) mass is 363 g/mol. The molecule has 0 aliphatic rings. The normalized spacial score (nSPS) is 11.7. The van der Waals surface area contributed by atoms with E-state index in [1.807, 2.05) is 60.7 Å². The van der Waals surface area contributed by atoms with Crippen LogP contribution in [0.5, 0.6) is 0 Å². The van der Waals surface area contributed by atoms with E-state index in [4.69, 9.17) is 5.73 Å². The van der Waals surface area contributed by atoms with Gasteiger partial charge in [0.25, 0.3) is 0 Å². The molecule has 1 atom stereocenters. The van der Waals surface area contributed by atoms with Crippen LogP contribution < -0.4 is 11.1 Å². The summed E-state index contributed by atoms with van der Waals surface area (Å²) >= 11 is 1.66. The van der Waals surface area contributed by atoms with E-state index in [-0.39, 0.29) is 5.91 Å². The van der Waals surface area contributed by atoms with Gasteiger partial charge in [0.05, 0.1) is 23.0 Å². The van der Waals surface area contributed by atoms with Gasteiger partial charge in [0.15, 0.2) is 0 Å². The maximum Gasteiger partial charge on any atom is 0.241 e. The highest BCUT2D eigenvalue weighted by molar-refractivity contribution is 7.98. The summed E-state index contributed by atoms with van der Waals surface area (Å²) in [6.07, 6.45) is 2.17. The predicted octanol–water partition coefficient (Wildman–Crippen LogP) is 3.88. The van der Waals surface area contributed by atoms with Crippen molar-refractivity contribution in [3.8, 4) is 0 Å². The molecule has 1 aromatic heterocycles. The molecule has 1 amide bonds. The molecule has 4 nitrogen and oxygen atoms in total. The lowest BCUT2D eigenvalue weighted by atomic mass is 10.1. The first-order valence-electron chi connectivity index (χ1n) is 8.44. The fourth-order valence-electron chi connectivity index (χ4n) is 2.47. The molecule has 0 bridgehead atoms. The maximum atomic E-state index is 12.2. The topological polar surface area (TPSA) is 68.0 Å². The fourth-order valence-corrected chi connectivity index (χ4v) is 3.27. The quantitative estimate of drug-likeness (QED) is 0.625. The smallest absolute Gasteiger partial charge is 0.241 e. The van der Waals surface area contributed by atoms with Crippen LogP contribution in [-0.2, 0) is 17.0 Å². The number of nitrogens with one attached hydrogen (secondary N) is 1. The molecule has 2 aromatic carbocycles. The highest BCUT2D eigenvalue weighted by atomic mass is 32.2. The lowest BCUT2D eigenvalue weighted by Gasteiger charge is -2.12. The minimum atomic E-state index is -0.593. The Labute approximate surface area is 157 Å². The van der Waals surface area contributed by atoms with Gasteiger partial charge in [-0.3, -0.25) is 4.79 Å². The van der Waals surface area contributed by atoms with Crippen molar-refractivity contribution in [3.63, 3.8) is 0 Å². The van der Waals surface area contributed by atoms with E-state index in [2.05, 4.69) is 22.4 Å². The third-order valence-corrected chi connectivity index (χ3v) is 4.88. The third-order valence-electron chi connectivity index (χ3n) is 3.87. The van der Waals surface area contributed by atoms with E-state index in [0.717, 1.165) is 16.3 Å². The molecule has 0 aliphatic heterocycles. The summed E-state index contributed by atoms with van der Waals surface area (Å²) in [6, 6.07) is 23.2. The zero-order valence-electron chi connectivity index (χ0n) is 14.3. The molecule has 1 unspecified atom stereocenters. The van der Waals surface area contributed by atoms with Crippen LogP contribution in [0, 0.1) is 0 Å². The minimum Gasteiger partial charge on any atom is -0.323 e. The number of carbonyl (C=O) groups is 1. The SMILES string of the molecule is NC(Cc1ccccc1)C(=O)Nc1ccc(SCc2ccccc2)nc1. The van der Waals surface area contributed by atoms with Gasteiger partial charge < -0.3 is 11.1 Å². The molecule has 0 saturated carbocycles. The van der Waals surface area contributed by atoms with Crippen LogP contribution in [0.3, 0.4) is 0 Å². The highest BCUT2D eigenvalue weighted by Gasteiger charge is 2.14. The van der Waals surface area contributed by atoms with Gasteiger partial charge in [-0.1, -0.05) is 60.7 Å². The fraction of sp³-hybridized carbons (Fsp3) is 0.143. The number of nitrogens with two attached hydrogens (primary N) is 1. The van der Waals surface area contributed by atoms with Crippen molar-refractivity contribution in [1.82, 2.24) is 4.98 Å². The molecule has 132 valence electrons. The molecule has 0 fully saturated rings. The zero-order chi connectivity index (χ0) is 18.2. The van der Waals surface area contributed by atoms with Crippen molar-refractivity contribution in [2.24, 2.45) is 5.73 Å². The Hall–Kier alpha value is -2.63. The second-order valence-electron chi connectivity index (χ2n) is 5.94. The lowest BCUT2D eigenvalue weighted by molar-refractivity contribution is -0.117. The summed E-state index contributed by atoms with van der Waals surface area (Å²) in [4.78, 5) is 16.6. The number of aromatic nitrogens is 1. The zero-order valence-corrected chi connectivity index (χ0v) is 15.2. The first-order valence-corrected chi connectivity index (χ1v) is 9.42. The molecule has 0 spiro atoms. The summed E-state index contributed by atoms with van der Waals surface area (Å²) in [5.74, 6) is 0.655. The van der Waals surface area contributed by atoms with Crippen molar-refractivity contribution < 1.29 is 4.79 Å². The van der Waals surface area contributed by atoms with Crippen LogP contribution in [-0.4, -0.2) is 16.9 Å². The van der Waals surface area contributed by atoms with E-state index in [9.17, 15) is 4.79 Å². The number of anilines is 1. The number of nitrogens with zero attached hydrogens (tertiary/aromatic N) is 1. The van der Waals surface area contributed by atoms with E-state index >= 15 is 0 Å². The highest BCUT2D eigenvalue weighted by Crippen LogP contribution is 2.21. The van der Waals surface area contributed by atoms with Gasteiger partial charge in [0.2, 0.25) is 5.91 Å². The molecule has 0 aliphatic carbocycles. The van der Waals surface area contributed by atoms with E-state index in [1.54, 1.807) is 18.0 Å². The minimum absolute atomic E-state index is 0.208. The largest absolute Gasteiger partial charge is 0.323 e. The first-order chi connectivity index (χ1) is 12.7. The average Bonchev–Trinajstić information content (AvgIpc) is 2.69. The maximum absolute atomic E-state index is 12.2. The van der Waals surface area contributed by atoms with E-state index < -0.39 is 6.04 Å². The van der Waals surface area contributed by atoms with Crippen LogP contribution in [0.1, 0.15) is 11.1 Å². The van der Waals surface area contributed by atoms with E-state index in [0.29, 0.717) is 12.1 Å². The Morgan fingerprint density at radius 2 is 1.62 bits per heavy atom. The number of rotatable bonds is 7. The second-order valence-corrected chi connectivity index (χ2v) is 6.94. The van der Waals surface area contributed by atoms with Crippen LogP contribution in [0.15, 0.2) is 84.0 Å². The second kappa shape index (κ2) is 9.17. The molecule has 1 heterocycles. The van der Waals surface area contributed by atoms with Gasteiger partial charge in [0.1, 0.15) is 0 Å². The number of thioether (sulfide) groups is 1. The number of carbonyl (C=O) groups excluding carboxylic acids is 1. The number of benzene rings is 2. The molecule has 5 heteroatoms. The Kier molecular flexibility index (Phi) is 6.41. The van der Waals surface area contributed by atoms with Crippen LogP contribution in [0.25, 0.3) is 0 Å². The summed E-state index contributed by atoms with van der Waals surface area (Å²) < 4.78 is 0. The van der Waals surface area contributed by atoms with Crippen molar-refractivity contribution in [1.29, 1.82) is 0 Å². The van der Waals surface area contributed by atoms with Crippen LogP contribution in [0.2, 0.25) is 0 Å². The molecule has 0 radical (unpaired) electrons. The van der Waals surface area contributed by atoms with Gasteiger partial charge in [-0.15, -0.1) is 11.8 Å². The first kappa shape index (κ1) is 18.2. The summed E-state index contributed by atoms with van der Waals surface area (Å²) in [7, 11) is 0. The number of amides is 1. The van der Waals surface area contributed by atoms with Crippen LogP contribution >= 0.6 is 11.8 Å². The Morgan fingerprint density at radius 3 is 2.23 bits per heavy atom. The standard InChI is InChI=1S/C21H21N3OS/c22-19(13-16-7-3-1-4-8-16)21(25)24-18-11-12-20(23-14-18)26-15-17-9-5-2-6-10-17/h1-12,14,19H,13,15,22H2,(H,24,25). The third kappa shape index (κ3) is 5.44. The van der Waals surface area contributed by atoms with Gasteiger partial charge in [-0.25, -0.2) is 4.98 Å². The number of hydrogen-bond acceptors (Lipinski definition) is 4.